The fraction of sp³-hybridized carbons (Fsp3) is 0.0455. The normalized spacial score (nSPS) is 10.4. The molecule has 0 aliphatic carbocycles. The third-order valence-corrected chi connectivity index (χ3v) is 4.05. The van der Waals surface area contributed by atoms with Crippen LogP contribution in [0.25, 0.3) is 0 Å². The zero-order valence-corrected chi connectivity index (χ0v) is 15.0. The van der Waals surface area contributed by atoms with Gasteiger partial charge in [0.25, 0.3) is 5.91 Å². The SMILES string of the molecule is O=C(Nc1ccc(Oc2ccccc2)cc1)c1cn(Cc2ccccc2)nn1. The summed E-state index contributed by atoms with van der Waals surface area (Å²) in [6, 6.07) is 26.6. The van der Waals surface area contributed by atoms with Gasteiger partial charge in [-0.05, 0) is 42.0 Å². The van der Waals surface area contributed by atoms with Crippen LogP contribution in [0.3, 0.4) is 0 Å². The van der Waals surface area contributed by atoms with Crippen molar-refractivity contribution in [2.45, 2.75) is 6.54 Å². The zero-order chi connectivity index (χ0) is 19.2. The molecule has 0 bridgehead atoms. The molecule has 1 N–H and O–H groups in total. The largest absolute Gasteiger partial charge is 0.457 e. The second-order valence-corrected chi connectivity index (χ2v) is 6.18. The van der Waals surface area contributed by atoms with E-state index in [4.69, 9.17) is 4.74 Å². The van der Waals surface area contributed by atoms with Gasteiger partial charge in [0.1, 0.15) is 11.5 Å². The van der Waals surface area contributed by atoms with Gasteiger partial charge in [0.2, 0.25) is 0 Å². The summed E-state index contributed by atoms with van der Waals surface area (Å²) in [5.41, 5.74) is 2.01. The molecule has 0 aliphatic heterocycles. The summed E-state index contributed by atoms with van der Waals surface area (Å²) in [6.45, 7) is 0.562. The zero-order valence-electron chi connectivity index (χ0n) is 15.0. The number of nitrogens with one attached hydrogen (secondary N) is 1. The third-order valence-electron chi connectivity index (χ3n) is 4.05. The van der Waals surface area contributed by atoms with Gasteiger partial charge in [-0.3, -0.25) is 4.79 Å². The monoisotopic (exact) mass is 370 g/mol. The van der Waals surface area contributed by atoms with Crippen LogP contribution in [0.2, 0.25) is 0 Å². The quantitative estimate of drug-likeness (QED) is 0.547. The van der Waals surface area contributed by atoms with Gasteiger partial charge in [0.05, 0.1) is 12.7 Å². The molecule has 4 rings (SSSR count). The molecule has 0 saturated carbocycles. The van der Waals surface area contributed by atoms with Crippen molar-refractivity contribution in [1.29, 1.82) is 0 Å². The number of amides is 1. The van der Waals surface area contributed by atoms with E-state index in [0.717, 1.165) is 11.3 Å². The van der Waals surface area contributed by atoms with Gasteiger partial charge in [-0.2, -0.15) is 0 Å². The van der Waals surface area contributed by atoms with Gasteiger partial charge in [0, 0.05) is 5.69 Å². The van der Waals surface area contributed by atoms with Crippen molar-refractivity contribution < 1.29 is 9.53 Å². The fourth-order valence-electron chi connectivity index (χ4n) is 2.68. The highest BCUT2D eigenvalue weighted by Crippen LogP contribution is 2.22. The second-order valence-electron chi connectivity index (χ2n) is 6.18. The lowest BCUT2D eigenvalue weighted by molar-refractivity contribution is 0.102. The average molecular weight is 370 g/mol. The van der Waals surface area contributed by atoms with Gasteiger partial charge in [-0.25, -0.2) is 4.68 Å². The Bertz CT molecular complexity index is 1040. The molecule has 0 unspecified atom stereocenters. The number of benzene rings is 3. The molecule has 3 aromatic carbocycles. The molecule has 0 saturated heterocycles. The van der Waals surface area contributed by atoms with E-state index in [1.165, 1.54) is 0 Å². The molecule has 0 aliphatic rings. The lowest BCUT2D eigenvalue weighted by Gasteiger charge is -2.07. The minimum atomic E-state index is -0.309. The summed E-state index contributed by atoms with van der Waals surface area (Å²) in [6.07, 6.45) is 1.63. The van der Waals surface area contributed by atoms with E-state index < -0.39 is 0 Å². The first-order chi connectivity index (χ1) is 13.8. The topological polar surface area (TPSA) is 69.0 Å². The van der Waals surface area contributed by atoms with Crippen LogP contribution in [0, 0.1) is 0 Å². The van der Waals surface area contributed by atoms with Crippen LogP contribution in [0.15, 0.2) is 91.1 Å². The molecule has 0 atom stereocenters. The van der Waals surface area contributed by atoms with Gasteiger partial charge in [-0.15, -0.1) is 5.10 Å². The Morgan fingerprint density at radius 2 is 1.50 bits per heavy atom. The van der Waals surface area contributed by atoms with Crippen molar-refractivity contribution in [3.05, 3.63) is 102 Å². The first-order valence-electron chi connectivity index (χ1n) is 8.85. The molecule has 6 heteroatoms. The molecule has 28 heavy (non-hydrogen) atoms. The summed E-state index contributed by atoms with van der Waals surface area (Å²) >= 11 is 0. The van der Waals surface area contributed by atoms with Crippen LogP contribution in [-0.2, 0) is 6.54 Å². The first-order valence-corrected chi connectivity index (χ1v) is 8.85. The van der Waals surface area contributed by atoms with Crippen LogP contribution in [0.1, 0.15) is 16.1 Å². The van der Waals surface area contributed by atoms with Gasteiger partial charge in [-0.1, -0.05) is 53.7 Å². The average Bonchev–Trinajstić information content (AvgIpc) is 3.20. The summed E-state index contributed by atoms with van der Waals surface area (Å²) in [7, 11) is 0. The summed E-state index contributed by atoms with van der Waals surface area (Å²) in [4.78, 5) is 12.4. The Kier molecular flexibility index (Phi) is 5.11. The lowest BCUT2D eigenvalue weighted by atomic mass is 10.2. The Morgan fingerprint density at radius 3 is 2.21 bits per heavy atom. The maximum Gasteiger partial charge on any atom is 0.277 e. The van der Waals surface area contributed by atoms with Crippen LogP contribution < -0.4 is 10.1 Å². The molecule has 6 nitrogen and oxygen atoms in total. The van der Waals surface area contributed by atoms with E-state index in [-0.39, 0.29) is 11.6 Å². The molecule has 0 spiro atoms. The van der Waals surface area contributed by atoms with Crippen molar-refractivity contribution in [3.8, 4) is 11.5 Å². The molecule has 0 fully saturated rings. The number of anilines is 1. The Hall–Kier alpha value is -3.93. The molecule has 1 aromatic heterocycles. The molecule has 4 aromatic rings. The summed E-state index contributed by atoms with van der Waals surface area (Å²) < 4.78 is 7.38. The van der Waals surface area contributed by atoms with Crippen molar-refractivity contribution >= 4 is 11.6 Å². The number of aromatic nitrogens is 3. The summed E-state index contributed by atoms with van der Waals surface area (Å²) in [5.74, 6) is 1.14. The molecule has 138 valence electrons. The smallest absolute Gasteiger partial charge is 0.277 e. The van der Waals surface area contributed by atoms with Crippen molar-refractivity contribution in [2.75, 3.05) is 5.32 Å². The van der Waals surface area contributed by atoms with E-state index in [2.05, 4.69) is 15.6 Å². The maximum atomic E-state index is 12.4. The van der Waals surface area contributed by atoms with E-state index in [9.17, 15) is 4.79 Å². The number of hydrogen-bond donors (Lipinski definition) is 1. The first kappa shape index (κ1) is 17.5. The molecular weight excluding hydrogens is 352 g/mol. The number of ether oxygens (including phenoxy) is 1. The number of carbonyl (C=O) groups is 1. The highest BCUT2D eigenvalue weighted by molar-refractivity contribution is 6.02. The standard InChI is InChI=1S/C22H18N4O2/c27-22(21-16-26(25-24-21)15-17-7-3-1-4-8-17)23-18-11-13-20(14-12-18)28-19-9-5-2-6-10-19/h1-14,16H,15H2,(H,23,27). The van der Waals surface area contributed by atoms with Crippen LogP contribution >= 0.6 is 0 Å². The van der Waals surface area contributed by atoms with Crippen LogP contribution in [-0.4, -0.2) is 20.9 Å². The van der Waals surface area contributed by atoms with Gasteiger partial charge in [0.15, 0.2) is 5.69 Å². The minimum absolute atomic E-state index is 0.264. The van der Waals surface area contributed by atoms with Gasteiger partial charge >= 0.3 is 0 Å². The van der Waals surface area contributed by atoms with E-state index in [1.54, 1.807) is 35.1 Å². The lowest BCUT2D eigenvalue weighted by Crippen LogP contribution is -2.12. The predicted octanol–water partition coefficient (Wildman–Crippen LogP) is 4.37. The minimum Gasteiger partial charge on any atom is -0.457 e. The van der Waals surface area contributed by atoms with Crippen molar-refractivity contribution in [3.63, 3.8) is 0 Å². The third kappa shape index (κ3) is 4.42. The fourth-order valence-corrected chi connectivity index (χ4v) is 2.68. The number of rotatable bonds is 6. The number of carbonyl (C=O) groups excluding carboxylic acids is 1. The van der Waals surface area contributed by atoms with E-state index in [0.29, 0.717) is 18.0 Å². The highest BCUT2D eigenvalue weighted by Gasteiger charge is 2.11. The Labute approximate surface area is 162 Å². The molecule has 0 radical (unpaired) electrons. The summed E-state index contributed by atoms with van der Waals surface area (Å²) in [5, 5.41) is 10.8. The number of para-hydroxylation sites is 1. The molecule has 1 heterocycles. The Morgan fingerprint density at radius 1 is 0.857 bits per heavy atom. The van der Waals surface area contributed by atoms with E-state index in [1.807, 2.05) is 60.7 Å². The number of hydrogen-bond acceptors (Lipinski definition) is 4. The van der Waals surface area contributed by atoms with Crippen LogP contribution in [0.4, 0.5) is 5.69 Å². The maximum absolute atomic E-state index is 12.4. The molecular formula is C22H18N4O2. The number of nitrogens with zero attached hydrogens (tertiary/aromatic N) is 3. The second kappa shape index (κ2) is 8.18. The van der Waals surface area contributed by atoms with E-state index >= 15 is 0 Å². The molecule has 1 amide bonds. The van der Waals surface area contributed by atoms with Crippen LogP contribution in [0.5, 0.6) is 11.5 Å². The van der Waals surface area contributed by atoms with Crippen molar-refractivity contribution in [1.82, 2.24) is 15.0 Å². The van der Waals surface area contributed by atoms with Gasteiger partial charge < -0.3 is 10.1 Å². The van der Waals surface area contributed by atoms with Crippen molar-refractivity contribution in [2.24, 2.45) is 0 Å². The predicted molar refractivity (Wildman–Crippen MR) is 106 cm³/mol. The highest BCUT2D eigenvalue weighted by atomic mass is 16.5. The Balaban J connectivity index is 1.37.